The van der Waals surface area contributed by atoms with E-state index in [9.17, 15) is 9.59 Å². The van der Waals surface area contributed by atoms with Gasteiger partial charge in [-0.25, -0.2) is 0 Å². The number of benzene rings is 3. The van der Waals surface area contributed by atoms with Gasteiger partial charge in [0.15, 0.2) is 0 Å². The molecular formula is C28H28N2O2. The molecule has 162 valence electrons. The van der Waals surface area contributed by atoms with Crippen LogP contribution in [0, 0.1) is 5.92 Å². The van der Waals surface area contributed by atoms with Crippen molar-refractivity contribution in [2.45, 2.75) is 38.1 Å². The van der Waals surface area contributed by atoms with Gasteiger partial charge in [0.05, 0.1) is 12.0 Å². The van der Waals surface area contributed by atoms with E-state index in [0.717, 1.165) is 36.9 Å². The molecule has 5 rings (SSSR count). The number of aryl methyl sites for hydroxylation is 2. The Morgan fingerprint density at radius 3 is 2.31 bits per heavy atom. The highest BCUT2D eigenvalue weighted by atomic mass is 16.2. The van der Waals surface area contributed by atoms with Gasteiger partial charge >= 0.3 is 0 Å². The second-order valence-electron chi connectivity index (χ2n) is 8.80. The molecule has 1 N–H and O–H groups in total. The van der Waals surface area contributed by atoms with Crippen molar-refractivity contribution in [2.75, 3.05) is 11.9 Å². The molecule has 2 atom stereocenters. The van der Waals surface area contributed by atoms with E-state index in [2.05, 4.69) is 17.4 Å². The molecule has 1 aliphatic heterocycles. The monoisotopic (exact) mass is 424 g/mol. The van der Waals surface area contributed by atoms with Gasteiger partial charge in [0.1, 0.15) is 0 Å². The van der Waals surface area contributed by atoms with E-state index in [1.54, 1.807) is 0 Å². The fourth-order valence-corrected chi connectivity index (χ4v) is 5.19. The van der Waals surface area contributed by atoms with Gasteiger partial charge in [0.25, 0.3) is 5.91 Å². The molecule has 0 radical (unpaired) electrons. The summed E-state index contributed by atoms with van der Waals surface area (Å²) in [5, 5.41) is 3.16. The van der Waals surface area contributed by atoms with Gasteiger partial charge in [-0.1, -0.05) is 54.6 Å². The molecule has 32 heavy (non-hydrogen) atoms. The van der Waals surface area contributed by atoms with Crippen molar-refractivity contribution in [3.63, 3.8) is 0 Å². The number of piperidine rings is 1. The number of likely N-dealkylation sites (tertiary alicyclic amines) is 1. The molecule has 2 aliphatic rings. The van der Waals surface area contributed by atoms with E-state index in [0.29, 0.717) is 12.1 Å². The predicted octanol–water partition coefficient (Wildman–Crippen LogP) is 5.41. The second kappa shape index (κ2) is 8.99. The first-order valence-electron chi connectivity index (χ1n) is 11.5. The van der Waals surface area contributed by atoms with Crippen LogP contribution in [0.15, 0.2) is 78.9 Å². The van der Waals surface area contributed by atoms with Crippen LogP contribution in [0.3, 0.4) is 0 Å². The summed E-state index contributed by atoms with van der Waals surface area (Å²) in [6.07, 6.45) is 4.95. The molecule has 4 heteroatoms. The highest BCUT2D eigenvalue weighted by Crippen LogP contribution is 2.38. The summed E-state index contributed by atoms with van der Waals surface area (Å²) in [6, 6.07) is 25.3. The van der Waals surface area contributed by atoms with Crippen LogP contribution in [-0.2, 0) is 17.6 Å². The number of hydrogen-bond donors (Lipinski definition) is 1. The minimum atomic E-state index is -0.299. The molecule has 2 unspecified atom stereocenters. The number of carbonyl (C=O) groups is 2. The Hall–Kier alpha value is -3.40. The highest BCUT2D eigenvalue weighted by Gasteiger charge is 2.39. The molecule has 0 bridgehead atoms. The van der Waals surface area contributed by atoms with Gasteiger partial charge < -0.3 is 10.2 Å². The maximum Gasteiger partial charge on any atom is 0.254 e. The fraction of sp³-hybridized carbons (Fsp3) is 0.286. The Kier molecular flexibility index (Phi) is 5.76. The normalized spacial score (nSPS) is 19.9. The van der Waals surface area contributed by atoms with Crippen molar-refractivity contribution in [1.82, 2.24) is 4.90 Å². The third-order valence-corrected chi connectivity index (χ3v) is 6.76. The zero-order valence-corrected chi connectivity index (χ0v) is 18.2. The molecule has 0 saturated carbocycles. The molecule has 3 aromatic carbocycles. The van der Waals surface area contributed by atoms with Crippen LogP contribution >= 0.6 is 0 Å². The van der Waals surface area contributed by atoms with E-state index < -0.39 is 0 Å². The zero-order chi connectivity index (χ0) is 21.9. The lowest BCUT2D eigenvalue weighted by Gasteiger charge is -2.41. The number of fused-ring (bicyclic) bond motifs is 1. The molecule has 1 fully saturated rings. The number of amides is 2. The van der Waals surface area contributed by atoms with Crippen molar-refractivity contribution in [3.8, 4) is 0 Å². The van der Waals surface area contributed by atoms with Crippen LogP contribution in [0.4, 0.5) is 5.69 Å². The van der Waals surface area contributed by atoms with Gasteiger partial charge in [-0.2, -0.15) is 0 Å². The lowest BCUT2D eigenvalue weighted by molar-refractivity contribution is -0.123. The van der Waals surface area contributed by atoms with Crippen molar-refractivity contribution in [3.05, 3.63) is 101 Å². The number of carbonyl (C=O) groups excluding carboxylic acids is 2. The molecule has 0 spiro atoms. The number of nitrogens with one attached hydrogen (secondary N) is 1. The summed E-state index contributed by atoms with van der Waals surface area (Å²) in [5.41, 5.74) is 5.25. The molecule has 1 saturated heterocycles. The summed E-state index contributed by atoms with van der Waals surface area (Å²) >= 11 is 0. The Morgan fingerprint density at radius 1 is 0.812 bits per heavy atom. The highest BCUT2D eigenvalue weighted by molar-refractivity contribution is 5.97. The summed E-state index contributed by atoms with van der Waals surface area (Å²) in [5.74, 6) is -0.330. The smallest absolute Gasteiger partial charge is 0.254 e. The van der Waals surface area contributed by atoms with Gasteiger partial charge in [-0.15, -0.1) is 0 Å². The first-order chi connectivity index (χ1) is 15.7. The SMILES string of the molecule is O=C(Nc1ccc2c(c1)CCC2)C1CCCN(C(=O)c2ccccc2)C1c1ccccc1. The van der Waals surface area contributed by atoms with E-state index >= 15 is 0 Å². The number of rotatable bonds is 4. The third-order valence-electron chi connectivity index (χ3n) is 6.76. The standard InChI is InChI=1S/C28H28N2O2/c31-27(29-24-17-16-20-13-7-14-23(20)19-24)25-15-8-18-30(26(25)21-9-3-1-4-10-21)28(32)22-11-5-2-6-12-22/h1-6,9-12,16-17,19,25-26H,7-8,13-15,18H2,(H,29,31). The van der Waals surface area contributed by atoms with E-state index in [1.807, 2.05) is 71.6 Å². The van der Waals surface area contributed by atoms with Gasteiger partial charge in [-0.3, -0.25) is 9.59 Å². The van der Waals surface area contributed by atoms with Crippen LogP contribution in [0.2, 0.25) is 0 Å². The van der Waals surface area contributed by atoms with Gasteiger partial charge in [0, 0.05) is 17.8 Å². The fourth-order valence-electron chi connectivity index (χ4n) is 5.19. The first kappa shape index (κ1) is 20.5. The Morgan fingerprint density at radius 2 is 1.53 bits per heavy atom. The molecule has 2 amide bonds. The Labute approximate surface area is 189 Å². The van der Waals surface area contributed by atoms with Crippen molar-refractivity contribution in [1.29, 1.82) is 0 Å². The largest absolute Gasteiger partial charge is 0.331 e. The topological polar surface area (TPSA) is 49.4 Å². The van der Waals surface area contributed by atoms with Crippen molar-refractivity contribution >= 4 is 17.5 Å². The van der Waals surface area contributed by atoms with E-state index in [-0.39, 0.29) is 23.8 Å². The van der Waals surface area contributed by atoms with Gasteiger partial charge in [-0.05, 0) is 73.1 Å². The molecule has 0 aromatic heterocycles. The molecular weight excluding hydrogens is 396 g/mol. The maximum atomic E-state index is 13.5. The first-order valence-corrected chi connectivity index (χ1v) is 11.5. The summed E-state index contributed by atoms with van der Waals surface area (Å²) in [6.45, 7) is 0.649. The van der Waals surface area contributed by atoms with E-state index in [1.165, 1.54) is 17.5 Å². The lowest BCUT2D eigenvalue weighted by Crippen LogP contribution is -2.46. The molecule has 4 nitrogen and oxygen atoms in total. The molecule has 3 aromatic rings. The minimum Gasteiger partial charge on any atom is -0.331 e. The summed E-state index contributed by atoms with van der Waals surface area (Å²) in [4.78, 5) is 28.8. The summed E-state index contributed by atoms with van der Waals surface area (Å²) < 4.78 is 0. The van der Waals surface area contributed by atoms with Crippen LogP contribution in [0.1, 0.15) is 52.4 Å². The zero-order valence-electron chi connectivity index (χ0n) is 18.2. The van der Waals surface area contributed by atoms with Crippen LogP contribution in [0.25, 0.3) is 0 Å². The van der Waals surface area contributed by atoms with Crippen molar-refractivity contribution in [2.24, 2.45) is 5.92 Å². The number of anilines is 1. The lowest BCUT2D eigenvalue weighted by atomic mass is 9.83. The molecule has 1 aliphatic carbocycles. The minimum absolute atomic E-state index is 0.0117. The quantitative estimate of drug-likeness (QED) is 0.609. The Bertz CT molecular complexity index is 1110. The Balaban J connectivity index is 1.44. The predicted molar refractivity (Wildman–Crippen MR) is 126 cm³/mol. The average Bonchev–Trinajstić information content (AvgIpc) is 3.32. The molecule has 1 heterocycles. The van der Waals surface area contributed by atoms with E-state index in [4.69, 9.17) is 0 Å². The third kappa shape index (κ3) is 4.05. The van der Waals surface area contributed by atoms with Crippen LogP contribution in [0.5, 0.6) is 0 Å². The van der Waals surface area contributed by atoms with Crippen molar-refractivity contribution < 1.29 is 9.59 Å². The maximum absolute atomic E-state index is 13.5. The second-order valence-corrected chi connectivity index (χ2v) is 8.80. The summed E-state index contributed by atoms with van der Waals surface area (Å²) in [7, 11) is 0. The number of hydrogen-bond acceptors (Lipinski definition) is 2. The number of nitrogens with zero attached hydrogens (tertiary/aromatic N) is 1. The van der Waals surface area contributed by atoms with Crippen LogP contribution in [-0.4, -0.2) is 23.3 Å². The van der Waals surface area contributed by atoms with Gasteiger partial charge in [0.2, 0.25) is 5.91 Å². The average molecular weight is 425 g/mol. The van der Waals surface area contributed by atoms with Crippen LogP contribution < -0.4 is 5.32 Å².